The first-order valence-corrected chi connectivity index (χ1v) is 4.92. The molecule has 0 saturated heterocycles. The minimum Gasteiger partial charge on any atom is -0.308 e. The summed E-state index contributed by atoms with van der Waals surface area (Å²) < 4.78 is 0. The summed E-state index contributed by atoms with van der Waals surface area (Å²) in [4.78, 5) is -0.833. The third-order valence-corrected chi connectivity index (χ3v) is 3.93. The van der Waals surface area contributed by atoms with Crippen LogP contribution in [0.15, 0.2) is 0 Å². The Balaban J connectivity index is 2.99. The van der Waals surface area contributed by atoms with Crippen molar-refractivity contribution < 1.29 is 0 Å². The molecule has 6 heavy (non-hydrogen) atoms. The fourth-order valence-electron chi connectivity index (χ4n) is 0. The molecule has 0 nitrogen and oxygen atoms in total. The van der Waals surface area contributed by atoms with Crippen molar-refractivity contribution in [3.63, 3.8) is 0 Å². The van der Waals surface area contributed by atoms with E-state index < -0.39 is 4.82 Å². The van der Waals surface area contributed by atoms with Gasteiger partial charge in [0.25, 0.3) is 0 Å². The second-order valence-corrected chi connectivity index (χ2v) is 5.83. The van der Waals surface area contributed by atoms with Crippen molar-refractivity contribution in [1.29, 1.82) is 0 Å². The van der Waals surface area contributed by atoms with Gasteiger partial charge < -0.3 is 22.9 Å². The fraction of sp³-hybridized carbons (Fsp3) is 1.00. The zero-order valence-electron chi connectivity index (χ0n) is 3.87. The van der Waals surface area contributed by atoms with Gasteiger partial charge in [-0.05, 0) is 0 Å². The Morgan fingerprint density at radius 3 is 1.50 bits per heavy atom. The van der Waals surface area contributed by atoms with Crippen molar-refractivity contribution in [2.24, 2.45) is 0 Å². The Morgan fingerprint density at radius 2 is 1.50 bits per heavy atom. The van der Waals surface area contributed by atoms with Crippen LogP contribution < -0.4 is 0 Å². The van der Waals surface area contributed by atoms with Crippen LogP contribution in [0.1, 0.15) is 0 Å². The third-order valence-electron chi connectivity index (χ3n) is 0.436. The van der Waals surface area contributed by atoms with Crippen LogP contribution in [0.25, 0.3) is 0 Å². The SMILES string of the molecule is C[S+](C)[BH-](Cl)Cl. The Bertz CT molecular complexity index is 32.5. The molecule has 0 heterocycles. The molecule has 0 aliphatic carbocycles. The minimum absolute atomic E-state index is 0.247. The van der Waals surface area contributed by atoms with Gasteiger partial charge in [-0.25, -0.2) is 10.7 Å². The van der Waals surface area contributed by atoms with Gasteiger partial charge in [-0.2, -0.15) is 0 Å². The average molecular weight is 145 g/mol. The maximum atomic E-state index is 5.47. The Morgan fingerprint density at radius 1 is 1.33 bits per heavy atom. The largest absolute Gasteiger partial charge is 0.373 e. The highest BCUT2D eigenvalue weighted by Crippen LogP contribution is 2.02. The van der Waals surface area contributed by atoms with Crippen molar-refractivity contribution in [2.45, 2.75) is 0 Å². The van der Waals surface area contributed by atoms with Crippen molar-refractivity contribution in [3.8, 4) is 0 Å². The highest BCUT2D eigenvalue weighted by Gasteiger charge is 2.04. The van der Waals surface area contributed by atoms with Crippen molar-refractivity contribution in [3.05, 3.63) is 0 Å². The van der Waals surface area contributed by atoms with Gasteiger partial charge in [0.2, 0.25) is 0 Å². The molecule has 0 unspecified atom stereocenters. The van der Waals surface area contributed by atoms with Gasteiger partial charge in [-0.1, -0.05) is 0 Å². The highest BCUT2D eigenvalue weighted by molar-refractivity contribution is 8.30. The van der Waals surface area contributed by atoms with Gasteiger partial charge in [0, 0.05) is 0 Å². The molecule has 0 bridgehead atoms. The van der Waals surface area contributed by atoms with Crippen LogP contribution in [0.4, 0.5) is 0 Å². The Labute approximate surface area is 51.4 Å². The highest BCUT2D eigenvalue weighted by atomic mass is 35.5. The topological polar surface area (TPSA) is 0 Å². The number of rotatable bonds is 1. The average Bonchev–Trinajstić information content (AvgIpc) is 1.36. The molecule has 4 heteroatoms. The van der Waals surface area contributed by atoms with Crippen LogP contribution >= 0.6 is 22.9 Å². The molecule has 0 aromatic carbocycles. The third kappa shape index (κ3) is 3.20. The van der Waals surface area contributed by atoms with Crippen molar-refractivity contribution in [1.82, 2.24) is 0 Å². The molecule has 0 radical (unpaired) electrons. The summed E-state index contributed by atoms with van der Waals surface area (Å²) in [5.74, 6) is 0. The summed E-state index contributed by atoms with van der Waals surface area (Å²) in [6, 6.07) is 0. The molecule has 0 saturated carbocycles. The predicted octanol–water partition coefficient (Wildman–Crippen LogP) is 1.06. The lowest BCUT2D eigenvalue weighted by molar-refractivity contribution is 2.33. The molecule has 0 amide bonds. The number of hydrogen-bond donors (Lipinski definition) is 0. The van der Waals surface area contributed by atoms with Crippen LogP contribution in [-0.4, -0.2) is 17.3 Å². The number of hydrogen-bond acceptors (Lipinski definition) is 0. The lowest BCUT2D eigenvalue weighted by Gasteiger charge is -2.00. The van der Waals surface area contributed by atoms with Crippen LogP contribution in [0, 0.1) is 0 Å². The predicted molar refractivity (Wildman–Crippen MR) is 38.1 cm³/mol. The maximum absolute atomic E-state index is 5.47. The van der Waals surface area contributed by atoms with Crippen LogP contribution in [0.3, 0.4) is 0 Å². The van der Waals surface area contributed by atoms with Crippen molar-refractivity contribution >= 4 is 38.5 Å². The van der Waals surface area contributed by atoms with Gasteiger partial charge in [-0.3, -0.25) is 0 Å². The monoisotopic (exact) mass is 144 g/mol. The second-order valence-electron chi connectivity index (χ2n) is 1.30. The molecule has 0 atom stereocenters. The Kier molecular flexibility index (Phi) is 3.56. The van der Waals surface area contributed by atoms with Crippen LogP contribution in [0.5, 0.6) is 0 Å². The number of halogens is 2. The zero-order valence-corrected chi connectivity index (χ0v) is 6.20. The van der Waals surface area contributed by atoms with E-state index in [9.17, 15) is 0 Å². The molecule has 0 rings (SSSR count). The molecular weight excluding hydrogens is 138 g/mol. The summed E-state index contributed by atoms with van der Waals surface area (Å²) >= 11 is 10.9. The van der Waals surface area contributed by atoms with E-state index in [1.807, 2.05) is 12.5 Å². The van der Waals surface area contributed by atoms with Crippen molar-refractivity contribution in [2.75, 3.05) is 12.5 Å². The van der Waals surface area contributed by atoms with E-state index in [-0.39, 0.29) is 10.7 Å². The molecule has 0 aliphatic rings. The van der Waals surface area contributed by atoms with Gasteiger partial charge in [-0.15, -0.1) is 0 Å². The summed E-state index contributed by atoms with van der Waals surface area (Å²) in [5.41, 5.74) is 0. The van der Waals surface area contributed by atoms with E-state index in [0.29, 0.717) is 0 Å². The fourth-order valence-corrected chi connectivity index (χ4v) is 0. The first-order chi connectivity index (χ1) is 2.64. The van der Waals surface area contributed by atoms with E-state index in [2.05, 4.69) is 0 Å². The minimum atomic E-state index is -0.833. The second kappa shape index (κ2) is 3.06. The van der Waals surface area contributed by atoms with E-state index in [0.717, 1.165) is 0 Å². The molecule has 0 spiro atoms. The maximum Gasteiger partial charge on any atom is 0.373 e. The lowest BCUT2D eigenvalue weighted by Crippen LogP contribution is -2.08. The lowest BCUT2D eigenvalue weighted by atomic mass is 10.7. The van der Waals surface area contributed by atoms with Gasteiger partial charge >= 0.3 is 4.82 Å². The van der Waals surface area contributed by atoms with Gasteiger partial charge in [0.1, 0.15) is 0 Å². The summed E-state index contributed by atoms with van der Waals surface area (Å²) in [6.45, 7) is 0. The molecule has 0 N–H and O–H groups in total. The molecule has 0 aromatic heterocycles. The molecule has 38 valence electrons. The summed E-state index contributed by atoms with van der Waals surface area (Å²) in [7, 11) is 0.247. The first-order valence-electron chi connectivity index (χ1n) is 1.64. The van der Waals surface area contributed by atoms with E-state index >= 15 is 0 Å². The van der Waals surface area contributed by atoms with E-state index in [1.54, 1.807) is 0 Å². The first kappa shape index (κ1) is 6.99. The summed E-state index contributed by atoms with van der Waals surface area (Å²) in [5, 5.41) is 0. The molecule has 0 fully saturated rings. The smallest absolute Gasteiger partial charge is 0.308 e. The molecule has 0 aliphatic heterocycles. The van der Waals surface area contributed by atoms with Gasteiger partial charge in [0.15, 0.2) is 0 Å². The standard InChI is InChI=1S/C2H7BCl2S/c1-6(2)3(4)5/h3H,1-2H3. The van der Waals surface area contributed by atoms with Crippen LogP contribution in [-0.2, 0) is 10.7 Å². The summed E-state index contributed by atoms with van der Waals surface area (Å²) in [6.07, 6.45) is 4.08. The van der Waals surface area contributed by atoms with E-state index in [1.165, 1.54) is 0 Å². The zero-order chi connectivity index (χ0) is 5.15. The van der Waals surface area contributed by atoms with E-state index in [4.69, 9.17) is 22.9 Å². The quantitative estimate of drug-likeness (QED) is 0.382. The molecule has 0 aromatic rings. The Hall–Kier alpha value is 0.995. The molecular formula is C2H7BCl2S. The van der Waals surface area contributed by atoms with Crippen LogP contribution in [0.2, 0.25) is 0 Å². The van der Waals surface area contributed by atoms with Gasteiger partial charge in [0.05, 0.1) is 12.5 Å². The normalized spacial score (nSPS) is 11.0.